The maximum atomic E-state index is 2.49. The van der Waals surface area contributed by atoms with Crippen LogP contribution < -0.4 is 0 Å². The van der Waals surface area contributed by atoms with Gasteiger partial charge in [-0.15, -0.1) is 0 Å². The second-order valence-electron chi connectivity index (χ2n) is 14.4. The van der Waals surface area contributed by atoms with Gasteiger partial charge in [-0.25, -0.2) is 0 Å². The molecule has 244 valence electrons. The minimum Gasteiger partial charge on any atom is -0.309 e. The van der Waals surface area contributed by atoms with Crippen LogP contribution in [0.15, 0.2) is 182 Å². The van der Waals surface area contributed by atoms with Gasteiger partial charge >= 0.3 is 0 Å². The van der Waals surface area contributed by atoms with Crippen LogP contribution in [0.2, 0.25) is 0 Å². The van der Waals surface area contributed by atoms with E-state index in [1.165, 1.54) is 98.8 Å². The average molecular weight is 662 g/mol. The van der Waals surface area contributed by atoms with E-state index >= 15 is 0 Å². The van der Waals surface area contributed by atoms with Gasteiger partial charge < -0.3 is 4.57 Å². The van der Waals surface area contributed by atoms with Crippen LogP contribution in [-0.4, -0.2) is 4.57 Å². The second-order valence-corrected chi connectivity index (χ2v) is 14.4. The normalized spacial score (nSPS) is 14.2. The van der Waals surface area contributed by atoms with Crippen LogP contribution in [-0.2, 0) is 6.42 Å². The zero-order valence-corrected chi connectivity index (χ0v) is 28.8. The van der Waals surface area contributed by atoms with Gasteiger partial charge in [0.1, 0.15) is 0 Å². The molecule has 1 aliphatic carbocycles. The van der Waals surface area contributed by atoms with Crippen molar-refractivity contribution in [3.8, 4) is 27.9 Å². The molecule has 1 aromatic heterocycles. The third kappa shape index (κ3) is 4.42. The summed E-state index contributed by atoms with van der Waals surface area (Å²) in [6.07, 6.45) is 2.11. The second kappa shape index (κ2) is 11.5. The molecule has 0 amide bonds. The van der Waals surface area contributed by atoms with Gasteiger partial charge in [0.05, 0.1) is 11.0 Å². The molecule has 1 aliphatic rings. The molecule has 0 N–H and O–H groups in total. The molecule has 1 atom stereocenters. The first-order valence-electron chi connectivity index (χ1n) is 18.4. The standard InChI is InChI=1S/C51H35N/c1-2-12-37(13-3-1)52-50-21-11-10-20-46(50)49-31-35(26-29-51(49)52)34-23-22-33-24-27-38(39-14-4-8-18-43(39)47(33)30-34)36-25-28-45-42-17-6-5-15-40(42)41-16-7-9-19-44(41)48(45)32-36/h1-23,25-26,28-32,38H,24,27H2. The van der Waals surface area contributed by atoms with Crippen molar-refractivity contribution < 1.29 is 0 Å². The first-order valence-corrected chi connectivity index (χ1v) is 18.4. The van der Waals surface area contributed by atoms with Gasteiger partial charge in [0, 0.05) is 22.4 Å². The Bertz CT molecular complexity index is 2980. The number of benzene rings is 9. The third-order valence-corrected chi connectivity index (χ3v) is 11.6. The Morgan fingerprint density at radius 3 is 1.77 bits per heavy atom. The summed E-state index contributed by atoms with van der Waals surface area (Å²) < 4.78 is 2.39. The fraction of sp³-hybridized carbons (Fsp3) is 0.0588. The van der Waals surface area contributed by atoms with Crippen molar-refractivity contribution in [3.63, 3.8) is 0 Å². The van der Waals surface area contributed by atoms with Crippen molar-refractivity contribution in [3.05, 3.63) is 199 Å². The van der Waals surface area contributed by atoms with Gasteiger partial charge in [-0.3, -0.25) is 0 Å². The lowest BCUT2D eigenvalue weighted by atomic mass is 9.84. The molecule has 1 heterocycles. The summed E-state index contributed by atoms with van der Waals surface area (Å²) in [7, 11) is 0. The van der Waals surface area contributed by atoms with Crippen molar-refractivity contribution in [1.29, 1.82) is 0 Å². The van der Waals surface area contributed by atoms with Gasteiger partial charge in [-0.1, -0.05) is 140 Å². The quantitative estimate of drug-likeness (QED) is 0.166. The summed E-state index contributed by atoms with van der Waals surface area (Å²) in [6.45, 7) is 0. The van der Waals surface area contributed by atoms with E-state index in [0.717, 1.165) is 12.8 Å². The van der Waals surface area contributed by atoms with E-state index < -0.39 is 0 Å². The van der Waals surface area contributed by atoms with Crippen molar-refractivity contribution in [2.45, 2.75) is 18.8 Å². The van der Waals surface area contributed by atoms with E-state index in [2.05, 4.69) is 187 Å². The Labute approximate surface area is 303 Å². The van der Waals surface area contributed by atoms with Crippen molar-refractivity contribution in [2.75, 3.05) is 0 Å². The van der Waals surface area contributed by atoms with Crippen LogP contribution in [0.25, 0.3) is 82.1 Å². The fourth-order valence-corrected chi connectivity index (χ4v) is 9.22. The zero-order valence-electron chi connectivity index (χ0n) is 28.8. The maximum absolute atomic E-state index is 2.49. The number of rotatable bonds is 3. The maximum Gasteiger partial charge on any atom is 0.0541 e. The molecule has 1 nitrogen and oxygen atoms in total. The minimum absolute atomic E-state index is 0.308. The zero-order chi connectivity index (χ0) is 34.2. The van der Waals surface area contributed by atoms with Crippen molar-refractivity contribution in [1.82, 2.24) is 4.57 Å². The Balaban J connectivity index is 1.04. The Hall–Kier alpha value is -6.44. The van der Waals surface area contributed by atoms with Gasteiger partial charge in [0.15, 0.2) is 0 Å². The van der Waals surface area contributed by atoms with Crippen molar-refractivity contribution in [2.24, 2.45) is 0 Å². The van der Waals surface area contributed by atoms with Crippen LogP contribution in [0.1, 0.15) is 29.0 Å². The molecule has 52 heavy (non-hydrogen) atoms. The average Bonchev–Trinajstić information content (AvgIpc) is 3.45. The molecule has 1 unspecified atom stereocenters. The monoisotopic (exact) mass is 661 g/mol. The van der Waals surface area contributed by atoms with Gasteiger partial charge in [0.25, 0.3) is 0 Å². The smallest absolute Gasteiger partial charge is 0.0541 e. The number of aryl methyl sites for hydroxylation is 1. The van der Waals surface area contributed by atoms with Crippen LogP contribution >= 0.6 is 0 Å². The van der Waals surface area contributed by atoms with E-state index in [1.807, 2.05) is 0 Å². The van der Waals surface area contributed by atoms with E-state index in [0.29, 0.717) is 5.92 Å². The topological polar surface area (TPSA) is 4.93 Å². The first kappa shape index (κ1) is 29.3. The molecule has 11 rings (SSSR count). The summed E-state index contributed by atoms with van der Waals surface area (Å²) in [5.74, 6) is 0.308. The largest absolute Gasteiger partial charge is 0.309 e. The highest BCUT2D eigenvalue weighted by molar-refractivity contribution is 6.25. The highest BCUT2D eigenvalue weighted by Crippen LogP contribution is 2.45. The molecule has 0 saturated carbocycles. The molecule has 0 fully saturated rings. The van der Waals surface area contributed by atoms with Crippen LogP contribution in [0.4, 0.5) is 0 Å². The molecule has 0 spiro atoms. The Morgan fingerprint density at radius 1 is 0.385 bits per heavy atom. The number of aromatic nitrogens is 1. The highest BCUT2D eigenvalue weighted by atomic mass is 15.0. The van der Waals surface area contributed by atoms with Crippen LogP contribution in [0.5, 0.6) is 0 Å². The van der Waals surface area contributed by atoms with Gasteiger partial charge in [-0.05, 0) is 127 Å². The van der Waals surface area contributed by atoms with Crippen LogP contribution in [0.3, 0.4) is 0 Å². The summed E-state index contributed by atoms with van der Waals surface area (Å²) >= 11 is 0. The number of hydrogen-bond acceptors (Lipinski definition) is 0. The first-order chi connectivity index (χ1) is 25.8. The van der Waals surface area contributed by atoms with E-state index in [9.17, 15) is 0 Å². The van der Waals surface area contributed by atoms with E-state index in [4.69, 9.17) is 0 Å². The Morgan fingerprint density at radius 2 is 0.981 bits per heavy atom. The molecular weight excluding hydrogens is 627 g/mol. The van der Waals surface area contributed by atoms with Crippen LogP contribution in [0, 0.1) is 0 Å². The molecule has 0 saturated heterocycles. The predicted molar refractivity (Wildman–Crippen MR) is 221 cm³/mol. The number of fused-ring (bicyclic) bond motifs is 12. The molecule has 1 heteroatoms. The van der Waals surface area contributed by atoms with Gasteiger partial charge in [-0.2, -0.15) is 0 Å². The summed E-state index contributed by atoms with van der Waals surface area (Å²) in [5, 5.41) is 10.5. The minimum atomic E-state index is 0.308. The Kier molecular flexibility index (Phi) is 6.51. The molecule has 0 aliphatic heterocycles. The number of hydrogen-bond donors (Lipinski definition) is 0. The lowest BCUT2D eigenvalue weighted by molar-refractivity contribution is 0.727. The fourth-order valence-electron chi connectivity index (χ4n) is 9.22. The highest BCUT2D eigenvalue weighted by Gasteiger charge is 2.25. The number of nitrogens with zero attached hydrogens (tertiary/aromatic N) is 1. The lowest BCUT2D eigenvalue weighted by Crippen LogP contribution is -2.02. The van der Waals surface area contributed by atoms with Crippen molar-refractivity contribution >= 4 is 54.1 Å². The molecule has 9 aromatic carbocycles. The van der Waals surface area contributed by atoms with E-state index in [-0.39, 0.29) is 0 Å². The SMILES string of the molecule is c1ccc(-n2c3ccccc3c3cc(-c4ccc5c(c4)-c4ccccc4C(c4ccc6c7ccccc7c7ccccc7c6c4)CC5)ccc32)cc1. The lowest BCUT2D eigenvalue weighted by Gasteiger charge is -2.20. The van der Waals surface area contributed by atoms with Gasteiger partial charge in [0.2, 0.25) is 0 Å². The molecule has 0 bridgehead atoms. The molecule has 10 aromatic rings. The third-order valence-electron chi connectivity index (χ3n) is 11.6. The summed E-state index contributed by atoms with van der Waals surface area (Å²) in [6, 6.07) is 67.9. The predicted octanol–water partition coefficient (Wildman–Crippen LogP) is 13.7. The molecule has 0 radical (unpaired) electrons. The summed E-state index contributed by atoms with van der Waals surface area (Å²) in [5.41, 5.74) is 13.1. The van der Waals surface area contributed by atoms with E-state index in [1.54, 1.807) is 0 Å². The molecular formula is C51H35N. The summed E-state index contributed by atoms with van der Waals surface area (Å²) in [4.78, 5) is 0. The number of para-hydroxylation sites is 2.